The van der Waals surface area contributed by atoms with Crippen LogP contribution in [0.4, 0.5) is 8.78 Å². The van der Waals surface area contributed by atoms with E-state index in [4.69, 9.17) is 5.11 Å². The van der Waals surface area contributed by atoms with Crippen LogP contribution in [0.1, 0.15) is 15.9 Å². The second kappa shape index (κ2) is 4.80. The van der Waals surface area contributed by atoms with Gasteiger partial charge in [-0.2, -0.15) is 12.6 Å². The van der Waals surface area contributed by atoms with E-state index in [0.717, 1.165) is 12.1 Å². The number of benzene rings is 1. The van der Waals surface area contributed by atoms with Crippen LogP contribution in [-0.4, -0.2) is 16.8 Å². The summed E-state index contributed by atoms with van der Waals surface area (Å²) in [6, 6.07) is 1.96. The van der Waals surface area contributed by atoms with Gasteiger partial charge in [0.1, 0.15) is 11.4 Å². The Hall–Kier alpha value is -1.54. The molecule has 15 heavy (non-hydrogen) atoms. The number of carboxylic acids is 1. The van der Waals surface area contributed by atoms with Crippen molar-refractivity contribution < 1.29 is 18.7 Å². The first kappa shape index (κ1) is 11.5. The molecule has 0 bridgehead atoms. The van der Waals surface area contributed by atoms with Crippen molar-refractivity contribution in [3.63, 3.8) is 0 Å². The van der Waals surface area contributed by atoms with Crippen LogP contribution in [0.2, 0.25) is 0 Å². The summed E-state index contributed by atoms with van der Waals surface area (Å²) in [7, 11) is 0. The van der Waals surface area contributed by atoms with Crippen LogP contribution in [0.3, 0.4) is 0 Å². The second-order valence-corrected chi connectivity index (χ2v) is 2.87. The van der Waals surface area contributed by atoms with Gasteiger partial charge < -0.3 is 5.11 Å². The molecule has 0 saturated heterocycles. The molecule has 0 saturated carbocycles. The number of thiol groups is 1. The third kappa shape index (κ3) is 2.48. The van der Waals surface area contributed by atoms with E-state index >= 15 is 0 Å². The summed E-state index contributed by atoms with van der Waals surface area (Å²) >= 11 is 3.79. The SMILES string of the molecule is O=C(O)c1c(F)ccc(C#CCS)c1F. The normalized spacial score (nSPS) is 9.27. The maximum absolute atomic E-state index is 13.4. The molecule has 1 aromatic rings. The third-order valence-electron chi connectivity index (χ3n) is 1.61. The van der Waals surface area contributed by atoms with Crippen LogP contribution in [-0.2, 0) is 0 Å². The van der Waals surface area contributed by atoms with Crippen molar-refractivity contribution in [2.45, 2.75) is 0 Å². The Labute approximate surface area is 90.3 Å². The van der Waals surface area contributed by atoms with Crippen molar-refractivity contribution in [1.82, 2.24) is 0 Å². The molecule has 2 nitrogen and oxygen atoms in total. The minimum Gasteiger partial charge on any atom is -0.477 e. The lowest BCUT2D eigenvalue weighted by Gasteiger charge is -2.00. The van der Waals surface area contributed by atoms with Crippen LogP contribution in [0.25, 0.3) is 0 Å². The van der Waals surface area contributed by atoms with Gasteiger partial charge in [0.15, 0.2) is 5.82 Å². The van der Waals surface area contributed by atoms with Crippen molar-refractivity contribution in [1.29, 1.82) is 0 Å². The molecule has 0 fully saturated rings. The molecule has 0 atom stereocenters. The quantitative estimate of drug-likeness (QED) is 0.569. The summed E-state index contributed by atoms with van der Waals surface area (Å²) in [4.78, 5) is 10.5. The van der Waals surface area contributed by atoms with Gasteiger partial charge in [-0.25, -0.2) is 13.6 Å². The molecular weight excluding hydrogens is 222 g/mol. The fourth-order valence-electron chi connectivity index (χ4n) is 0.980. The Kier molecular flexibility index (Phi) is 3.69. The predicted octanol–water partition coefficient (Wildman–Crippen LogP) is 1.94. The Morgan fingerprint density at radius 2 is 2.13 bits per heavy atom. The molecule has 1 N–H and O–H groups in total. The first-order valence-electron chi connectivity index (χ1n) is 3.89. The molecule has 1 aromatic carbocycles. The average Bonchev–Trinajstić information content (AvgIpc) is 2.16. The van der Waals surface area contributed by atoms with E-state index in [0.29, 0.717) is 0 Å². The van der Waals surface area contributed by atoms with Crippen LogP contribution in [0.5, 0.6) is 0 Å². The first-order valence-corrected chi connectivity index (χ1v) is 4.52. The van der Waals surface area contributed by atoms with Crippen LogP contribution in [0, 0.1) is 23.5 Å². The van der Waals surface area contributed by atoms with E-state index < -0.39 is 23.2 Å². The summed E-state index contributed by atoms with van der Waals surface area (Å²) in [6.07, 6.45) is 0. The lowest BCUT2D eigenvalue weighted by atomic mass is 10.1. The van der Waals surface area contributed by atoms with Gasteiger partial charge in [0.05, 0.1) is 11.3 Å². The van der Waals surface area contributed by atoms with Gasteiger partial charge in [-0.15, -0.1) is 0 Å². The molecule has 0 radical (unpaired) electrons. The molecule has 0 aliphatic rings. The maximum atomic E-state index is 13.4. The van der Waals surface area contributed by atoms with Crippen molar-refractivity contribution in [2.24, 2.45) is 0 Å². The summed E-state index contributed by atoms with van der Waals surface area (Å²) in [5, 5.41) is 8.55. The fourth-order valence-corrected chi connectivity index (χ4v) is 1.06. The van der Waals surface area contributed by atoms with Crippen molar-refractivity contribution in [2.75, 3.05) is 5.75 Å². The minimum absolute atomic E-state index is 0.150. The van der Waals surface area contributed by atoms with Gasteiger partial charge >= 0.3 is 5.97 Å². The number of hydrogen-bond donors (Lipinski definition) is 2. The average molecular weight is 228 g/mol. The molecule has 0 heterocycles. The van der Waals surface area contributed by atoms with E-state index in [1.807, 2.05) is 0 Å². The lowest BCUT2D eigenvalue weighted by Crippen LogP contribution is -2.06. The number of aromatic carboxylic acids is 1. The minimum atomic E-state index is -1.65. The number of halogens is 2. The zero-order valence-electron chi connectivity index (χ0n) is 7.42. The Bertz CT molecular complexity index is 460. The topological polar surface area (TPSA) is 37.3 Å². The first-order chi connectivity index (χ1) is 7.07. The third-order valence-corrected chi connectivity index (χ3v) is 1.77. The summed E-state index contributed by atoms with van der Waals surface area (Å²) in [6.45, 7) is 0. The molecule has 1 rings (SSSR count). The second-order valence-electron chi connectivity index (χ2n) is 2.55. The van der Waals surface area contributed by atoms with Gasteiger partial charge in [0.2, 0.25) is 0 Å². The van der Waals surface area contributed by atoms with Crippen LogP contribution in [0.15, 0.2) is 12.1 Å². The zero-order valence-corrected chi connectivity index (χ0v) is 8.31. The molecule has 0 aromatic heterocycles. The monoisotopic (exact) mass is 228 g/mol. The number of carboxylic acid groups (broad SMARTS) is 1. The van der Waals surface area contributed by atoms with Gasteiger partial charge in [-0.05, 0) is 12.1 Å². The molecule has 0 spiro atoms. The largest absolute Gasteiger partial charge is 0.477 e. The number of rotatable bonds is 1. The predicted molar refractivity (Wildman–Crippen MR) is 54.0 cm³/mol. The number of hydrogen-bond acceptors (Lipinski definition) is 2. The number of carbonyl (C=O) groups is 1. The van der Waals surface area contributed by atoms with Gasteiger partial charge in [-0.1, -0.05) is 11.8 Å². The Morgan fingerprint density at radius 3 is 2.67 bits per heavy atom. The summed E-state index contributed by atoms with van der Waals surface area (Å²) in [5.74, 6) is 1.09. The molecule has 0 aliphatic heterocycles. The van der Waals surface area contributed by atoms with Crippen molar-refractivity contribution in [3.8, 4) is 11.8 Å². The van der Waals surface area contributed by atoms with Crippen molar-refractivity contribution in [3.05, 3.63) is 34.9 Å². The summed E-state index contributed by atoms with van der Waals surface area (Å²) in [5.41, 5.74) is -1.14. The van der Waals surface area contributed by atoms with E-state index in [2.05, 4.69) is 24.5 Å². The Balaban J connectivity index is 3.35. The Morgan fingerprint density at radius 1 is 1.47 bits per heavy atom. The highest BCUT2D eigenvalue weighted by molar-refractivity contribution is 7.80. The van der Waals surface area contributed by atoms with E-state index in [1.54, 1.807) is 0 Å². The van der Waals surface area contributed by atoms with E-state index in [1.165, 1.54) is 0 Å². The van der Waals surface area contributed by atoms with Crippen LogP contribution >= 0.6 is 12.6 Å². The van der Waals surface area contributed by atoms with Gasteiger partial charge in [-0.3, -0.25) is 0 Å². The molecule has 0 amide bonds. The van der Waals surface area contributed by atoms with Gasteiger partial charge in [0.25, 0.3) is 0 Å². The maximum Gasteiger partial charge on any atom is 0.341 e. The summed E-state index contributed by atoms with van der Waals surface area (Å²) < 4.78 is 26.3. The highest BCUT2D eigenvalue weighted by Crippen LogP contribution is 2.16. The highest BCUT2D eigenvalue weighted by Gasteiger charge is 2.18. The molecule has 0 aliphatic carbocycles. The molecule has 78 valence electrons. The molecular formula is C10H6F2O2S. The van der Waals surface area contributed by atoms with Crippen molar-refractivity contribution >= 4 is 18.6 Å². The lowest BCUT2D eigenvalue weighted by molar-refractivity contribution is 0.0686. The molecule has 5 heteroatoms. The smallest absolute Gasteiger partial charge is 0.341 e. The molecule has 0 unspecified atom stereocenters. The standard InChI is InChI=1S/C10H6F2O2S/c11-7-4-3-6(2-1-5-15)9(12)8(7)10(13)14/h3-4,15H,5H2,(H,13,14). The van der Waals surface area contributed by atoms with Gasteiger partial charge in [0, 0.05) is 0 Å². The van der Waals surface area contributed by atoms with Crippen LogP contribution < -0.4 is 0 Å². The van der Waals surface area contributed by atoms with E-state index in [-0.39, 0.29) is 11.3 Å². The highest BCUT2D eigenvalue weighted by atomic mass is 32.1. The fraction of sp³-hybridized carbons (Fsp3) is 0.100. The van der Waals surface area contributed by atoms with E-state index in [9.17, 15) is 13.6 Å². The zero-order chi connectivity index (χ0) is 11.4.